The Kier molecular flexibility index (Phi) is 6.28. The Hall–Kier alpha value is -6.01. The van der Waals surface area contributed by atoms with Crippen LogP contribution in [0.25, 0.3) is 83.6 Å². The van der Waals surface area contributed by atoms with E-state index in [1.54, 1.807) is 0 Å². The van der Waals surface area contributed by atoms with Crippen LogP contribution in [0.4, 0.5) is 0 Å². The smallest absolute Gasteiger partial charge is 0.164 e. The summed E-state index contributed by atoms with van der Waals surface area (Å²) in [6.45, 7) is 0. The quantitative estimate of drug-likeness (QED) is 0.196. The van der Waals surface area contributed by atoms with Gasteiger partial charge < -0.3 is 8.98 Å². The maximum Gasteiger partial charge on any atom is 0.164 e. The van der Waals surface area contributed by atoms with E-state index in [1.807, 2.05) is 78.9 Å². The van der Waals surface area contributed by atoms with E-state index in [4.69, 9.17) is 19.4 Å². The molecule has 0 saturated heterocycles. The van der Waals surface area contributed by atoms with Gasteiger partial charge in [-0.2, -0.15) is 0 Å². The molecular formula is C39H24BN4O. The molecular weight excluding hydrogens is 551 g/mol. The zero-order valence-corrected chi connectivity index (χ0v) is 24.1. The molecule has 3 aromatic heterocycles. The summed E-state index contributed by atoms with van der Waals surface area (Å²) in [4.78, 5) is 15.0. The molecule has 3 heterocycles. The van der Waals surface area contributed by atoms with Gasteiger partial charge in [0.25, 0.3) is 0 Å². The second-order valence-corrected chi connectivity index (χ2v) is 10.8. The fraction of sp³-hybridized carbons (Fsp3) is 0. The average Bonchev–Trinajstić information content (AvgIpc) is 3.65. The number of rotatable bonds is 4. The first kappa shape index (κ1) is 26.6. The van der Waals surface area contributed by atoms with Crippen LogP contribution in [-0.4, -0.2) is 27.9 Å². The fourth-order valence-electron chi connectivity index (χ4n) is 6.29. The molecule has 45 heavy (non-hydrogen) atoms. The third-order valence-corrected chi connectivity index (χ3v) is 8.27. The predicted octanol–water partition coefficient (Wildman–Crippen LogP) is 9.49. The monoisotopic (exact) mass is 575 g/mol. The van der Waals surface area contributed by atoms with E-state index in [-0.39, 0.29) is 8.41 Å². The first-order valence-corrected chi connectivity index (χ1v) is 14.6. The highest BCUT2D eigenvalue weighted by Crippen LogP contribution is 2.42. The third-order valence-electron chi connectivity index (χ3n) is 8.27. The van der Waals surface area contributed by atoms with Crippen molar-refractivity contribution < 1.29 is 4.42 Å². The fourth-order valence-corrected chi connectivity index (χ4v) is 6.29. The van der Waals surface area contributed by atoms with Gasteiger partial charge in [-0.3, -0.25) is 0 Å². The Balaban J connectivity index is 0.00000300. The lowest BCUT2D eigenvalue weighted by Crippen LogP contribution is -2.01. The third kappa shape index (κ3) is 4.22. The van der Waals surface area contributed by atoms with Gasteiger partial charge in [0.05, 0.1) is 16.7 Å². The summed E-state index contributed by atoms with van der Waals surface area (Å²) >= 11 is 0. The van der Waals surface area contributed by atoms with E-state index in [0.717, 1.165) is 55.3 Å². The number of benzene rings is 6. The molecule has 6 heteroatoms. The number of aromatic nitrogens is 4. The Morgan fingerprint density at radius 3 is 1.53 bits per heavy atom. The van der Waals surface area contributed by atoms with Gasteiger partial charge in [0.1, 0.15) is 5.58 Å². The van der Waals surface area contributed by atoms with E-state index in [2.05, 4.69) is 71.3 Å². The standard InChI is InChI=1S/C39H24N4O.B/c1-3-13-25(14-4-1)37-40-38(26-15-5-2-6-16-26)42-39(41-37)30-23-24-33(36-35(30)29-19-9-12-22-34(29)44-36)43-31-20-10-7-17-27(31)28-18-8-11-21-32(28)43;/h1-24H;. The maximum absolute atomic E-state index is 6.71. The summed E-state index contributed by atoms with van der Waals surface area (Å²) in [6, 6.07) is 49.6. The van der Waals surface area contributed by atoms with Crippen molar-refractivity contribution in [1.29, 1.82) is 0 Å². The van der Waals surface area contributed by atoms with Crippen LogP contribution >= 0.6 is 0 Å². The van der Waals surface area contributed by atoms with E-state index < -0.39 is 0 Å². The molecule has 0 N–H and O–H groups in total. The highest BCUT2D eigenvalue weighted by molar-refractivity contribution is 6.16. The molecule has 209 valence electrons. The lowest BCUT2D eigenvalue weighted by molar-refractivity contribution is 0.666. The molecule has 3 radical (unpaired) electrons. The molecule has 9 rings (SSSR count). The number of hydrogen-bond acceptors (Lipinski definition) is 4. The highest BCUT2D eigenvalue weighted by atomic mass is 16.3. The molecule has 0 saturated carbocycles. The summed E-state index contributed by atoms with van der Waals surface area (Å²) in [7, 11) is 0. The number of fused-ring (bicyclic) bond motifs is 6. The molecule has 0 bridgehead atoms. The Morgan fingerprint density at radius 2 is 0.933 bits per heavy atom. The number of nitrogens with zero attached hydrogens (tertiary/aromatic N) is 4. The van der Waals surface area contributed by atoms with Crippen LogP contribution in [0.1, 0.15) is 0 Å². The van der Waals surface area contributed by atoms with Gasteiger partial charge in [-0.05, 0) is 30.3 Å². The first-order chi connectivity index (χ1) is 21.8. The van der Waals surface area contributed by atoms with Crippen molar-refractivity contribution in [3.63, 3.8) is 0 Å². The molecule has 0 atom stereocenters. The SMILES string of the molecule is [B].c1ccc(-c2nc(-c3ccccc3)nc(-c3ccc(-n4c5ccccc5c5ccccc54)c4oc5ccccc5c34)n2)cc1. The van der Waals surface area contributed by atoms with Gasteiger partial charge in [0, 0.05) is 46.6 Å². The van der Waals surface area contributed by atoms with Gasteiger partial charge in [0.15, 0.2) is 23.1 Å². The molecule has 0 amide bonds. The normalized spacial score (nSPS) is 11.4. The zero-order valence-electron chi connectivity index (χ0n) is 24.1. The van der Waals surface area contributed by atoms with E-state index in [0.29, 0.717) is 17.5 Å². The van der Waals surface area contributed by atoms with E-state index >= 15 is 0 Å². The molecule has 0 unspecified atom stereocenters. The molecule has 0 aliphatic carbocycles. The minimum Gasteiger partial charge on any atom is -0.454 e. The van der Waals surface area contributed by atoms with Gasteiger partial charge >= 0.3 is 0 Å². The molecule has 9 aromatic rings. The van der Waals surface area contributed by atoms with Crippen LogP contribution in [-0.2, 0) is 0 Å². The summed E-state index contributed by atoms with van der Waals surface area (Å²) in [6.07, 6.45) is 0. The number of furan rings is 1. The van der Waals surface area contributed by atoms with Crippen LogP contribution in [0, 0.1) is 0 Å². The molecule has 0 aliphatic heterocycles. The molecule has 0 spiro atoms. The Bertz CT molecular complexity index is 2390. The first-order valence-electron chi connectivity index (χ1n) is 14.6. The van der Waals surface area contributed by atoms with Crippen LogP contribution in [0.15, 0.2) is 150 Å². The molecule has 5 nitrogen and oxygen atoms in total. The van der Waals surface area contributed by atoms with Crippen molar-refractivity contribution in [3.05, 3.63) is 146 Å². The minimum absolute atomic E-state index is 0. The van der Waals surface area contributed by atoms with E-state index in [9.17, 15) is 0 Å². The van der Waals surface area contributed by atoms with Crippen molar-refractivity contribution in [2.24, 2.45) is 0 Å². The largest absolute Gasteiger partial charge is 0.454 e. The van der Waals surface area contributed by atoms with Crippen molar-refractivity contribution in [1.82, 2.24) is 19.5 Å². The maximum atomic E-state index is 6.71. The Labute approximate surface area is 261 Å². The van der Waals surface area contributed by atoms with E-state index in [1.165, 1.54) is 10.8 Å². The zero-order chi connectivity index (χ0) is 29.0. The molecule has 0 aliphatic rings. The summed E-state index contributed by atoms with van der Waals surface area (Å²) < 4.78 is 9.01. The highest BCUT2D eigenvalue weighted by Gasteiger charge is 2.22. The number of hydrogen-bond donors (Lipinski definition) is 0. The summed E-state index contributed by atoms with van der Waals surface area (Å²) in [5, 5.41) is 4.40. The van der Waals surface area contributed by atoms with Crippen molar-refractivity contribution in [2.45, 2.75) is 0 Å². The predicted molar refractivity (Wildman–Crippen MR) is 184 cm³/mol. The van der Waals surface area contributed by atoms with Crippen molar-refractivity contribution >= 4 is 52.2 Å². The van der Waals surface area contributed by atoms with Gasteiger partial charge in [-0.1, -0.05) is 115 Å². The van der Waals surface area contributed by atoms with Crippen LogP contribution in [0.2, 0.25) is 0 Å². The van der Waals surface area contributed by atoms with Gasteiger partial charge in [0.2, 0.25) is 0 Å². The van der Waals surface area contributed by atoms with Gasteiger partial charge in [-0.25, -0.2) is 15.0 Å². The van der Waals surface area contributed by atoms with Crippen LogP contribution in [0.3, 0.4) is 0 Å². The lowest BCUT2D eigenvalue weighted by Gasteiger charge is -2.12. The van der Waals surface area contributed by atoms with Gasteiger partial charge in [-0.15, -0.1) is 0 Å². The summed E-state index contributed by atoms with van der Waals surface area (Å²) in [5.74, 6) is 1.85. The molecule has 6 aromatic carbocycles. The lowest BCUT2D eigenvalue weighted by atomic mass is 10.0. The topological polar surface area (TPSA) is 56.7 Å². The minimum atomic E-state index is 0. The van der Waals surface area contributed by atoms with Crippen molar-refractivity contribution in [2.75, 3.05) is 0 Å². The Morgan fingerprint density at radius 1 is 0.444 bits per heavy atom. The molecule has 0 fully saturated rings. The average molecular weight is 575 g/mol. The second-order valence-electron chi connectivity index (χ2n) is 10.8. The second kappa shape index (κ2) is 10.6. The number of para-hydroxylation sites is 3. The summed E-state index contributed by atoms with van der Waals surface area (Å²) in [5.41, 5.74) is 7.59. The van der Waals surface area contributed by atoms with Crippen molar-refractivity contribution in [3.8, 4) is 39.9 Å². The van der Waals surface area contributed by atoms with Crippen LogP contribution in [0.5, 0.6) is 0 Å². The van der Waals surface area contributed by atoms with Crippen LogP contribution < -0.4 is 0 Å².